The van der Waals surface area contributed by atoms with E-state index >= 15 is 0 Å². The van der Waals surface area contributed by atoms with Gasteiger partial charge in [0, 0.05) is 24.1 Å². The van der Waals surface area contributed by atoms with Crippen LogP contribution in [-0.4, -0.2) is 46.5 Å². The van der Waals surface area contributed by atoms with Crippen molar-refractivity contribution < 1.29 is 22.3 Å². The quantitative estimate of drug-likeness (QED) is 0.591. The number of hydrogen-bond donors (Lipinski definition) is 1. The zero-order valence-corrected chi connectivity index (χ0v) is 17.4. The molecule has 6 nitrogen and oxygen atoms in total. The largest absolute Gasteiger partial charge is 0.497 e. The molecule has 0 aliphatic carbocycles. The summed E-state index contributed by atoms with van der Waals surface area (Å²) in [6.07, 6.45) is 1.05. The van der Waals surface area contributed by atoms with Gasteiger partial charge in [0.2, 0.25) is 15.9 Å². The molecule has 0 unspecified atom stereocenters. The van der Waals surface area contributed by atoms with Gasteiger partial charge in [0.15, 0.2) is 0 Å². The van der Waals surface area contributed by atoms with E-state index in [1.807, 2.05) is 0 Å². The lowest BCUT2D eigenvalue weighted by Gasteiger charge is -2.22. The molecule has 0 bridgehead atoms. The lowest BCUT2D eigenvalue weighted by Crippen LogP contribution is -2.41. The van der Waals surface area contributed by atoms with Crippen molar-refractivity contribution in [2.45, 2.75) is 5.75 Å². The number of rotatable bonds is 10. The summed E-state index contributed by atoms with van der Waals surface area (Å²) in [7, 11) is -2.16. The number of nitrogens with zero attached hydrogens (tertiary/aromatic N) is 1. The van der Waals surface area contributed by atoms with Gasteiger partial charge in [-0.3, -0.25) is 9.10 Å². The van der Waals surface area contributed by atoms with Crippen LogP contribution in [0.25, 0.3) is 0 Å². The average Bonchev–Trinajstić information content (AvgIpc) is 2.66. The number of thioether (sulfide) groups is 1. The summed E-state index contributed by atoms with van der Waals surface area (Å²) in [5.41, 5.74) is 0.964. The number of anilines is 1. The zero-order valence-electron chi connectivity index (χ0n) is 15.7. The summed E-state index contributed by atoms with van der Waals surface area (Å²) < 4.78 is 43.9. The first-order valence-electron chi connectivity index (χ1n) is 8.51. The number of carbonyl (C=O) groups is 1. The van der Waals surface area contributed by atoms with E-state index in [1.54, 1.807) is 42.5 Å². The fourth-order valence-corrected chi connectivity index (χ4v) is 4.11. The van der Waals surface area contributed by atoms with Gasteiger partial charge in [-0.15, -0.1) is 0 Å². The third kappa shape index (κ3) is 6.72. The molecule has 0 saturated heterocycles. The van der Waals surface area contributed by atoms with E-state index in [2.05, 4.69) is 5.32 Å². The third-order valence-electron chi connectivity index (χ3n) is 3.81. The number of ether oxygens (including phenoxy) is 1. The first-order chi connectivity index (χ1) is 13.3. The van der Waals surface area contributed by atoms with Gasteiger partial charge in [-0.1, -0.05) is 24.3 Å². The number of sulfonamides is 1. The van der Waals surface area contributed by atoms with Crippen molar-refractivity contribution in [2.24, 2.45) is 0 Å². The summed E-state index contributed by atoms with van der Waals surface area (Å²) >= 11 is 1.49. The Bertz CT molecular complexity index is 906. The Kier molecular flexibility index (Phi) is 8.13. The van der Waals surface area contributed by atoms with Crippen LogP contribution < -0.4 is 14.4 Å². The monoisotopic (exact) mass is 426 g/mol. The van der Waals surface area contributed by atoms with Gasteiger partial charge < -0.3 is 10.1 Å². The smallest absolute Gasteiger partial charge is 0.240 e. The van der Waals surface area contributed by atoms with Gasteiger partial charge in [-0.05, 0) is 23.8 Å². The van der Waals surface area contributed by atoms with Crippen molar-refractivity contribution in [3.8, 4) is 5.75 Å². The maximum absolute atomic E-state index is 13.5. The van der Waals surface area contributed by atoms with E-state index < -0.39 is 15.9 Å². The lowest BCUT2D eigenvalue weighted by atomic mass is 10.2. The fourth-order valence-electron chi connectivity index (χ4n) is 2.41. The molecule has 1 amide bonds. The second-order valence-corrected chi connectivity index (χ2v) is 8.98. The molecule has 152 valence electrons. The zero-order chi connectivity index (χ0) is 20.6. The minimum absolute atomic E-state index is 0.249. The molecular formula is C19H23FN2O4S2. The van der Waals surface area contributed by atoms with E-state index in [0.717, 1.165) is 10.6 Å². The average molecular weight is 427 g/mol. The van der Waals surface area contributed by atoms with Crippen molar-refractivity contribution in [1.82, 2.24) is 5.32 Å². The van der Waals surface area contributed by atoms with Crippen LogP contribution in [0.15, 0.2) is 48.5 Å². The van der Waals surface area contributed by atoms with Crippen molar-refractivity contribution >= 4 is 33.4 Å². The van der Waals surface area contributed by atoms with Gasteiger partial charge in [0.25, 0.3) is 0 Å². The van der Waals surface area contributed by atoms with Crippen LogP contribution in [0, 0.1) is 5.82 Å². The fraction of sp³-hybridized carbons (Fsp3) is 0.316. The van der Waals surface area contributed by atoms with E-state index in [-0.39, 0.29) is 12.4 Å². The van der Waals surface area contributed by atoms with Crippen LogP contribution in [-0.2, 0) is 20.6 Å². The summed E-state index contributed by atoms with van der Waals surface area (Å²) in [5, 5.41) is 2.69. The molecule has 2 rings (SSSR count). The highest BCUT2D eigenvalue weighted by atomic mass is 32.2. The van der Waals surface area contributed by atoms with Crippen LogP contribution in [0.4, 0.5) is 10.1 Å². The molecule has 0 aliphatic heterocycles. The van der Waals surface area contributed by atoms with Crippen molar-refractivity contribution in [3.63, 3.8) is 0 Å². The minimum atomic E-state index is -3.64. The molecule has 28 heavy (non-hydrogen) atoms. The van der Waals surface area contributed by atoms with Crippen LogP contribution in [0.1, 0.15) is 5.56 Å². The predicted octanol–water partition coefficient (Wildman–Crippen LogP) is 2.65. The highest BCUT2D eigenvalue weighted by Gasteiger charge is 2.21. The number of carbonyl (C=O) groups excluding carboxylic acids is 1. The number of benzene rings is 2. The Labute approximate surface area is 169 Å². The van der Waals surface area contributed by atoms with Gasteiger partial charge in [-0.25, -0.2) is 12.8 Å². The first-order valence-corrected chi connectivity index (χ1v) is 11.5. The standard InChI is InChI=1S/C19H23FN2O4S2/c1-26-17-8-5-7-16(12-17)22(28(2,24)25)13-19(23)21-10-11-27-14-15-6-3-4-9-18(15)20/h3-9,12H,10-11,13-14H2,1-2H3,(H,21,23). The van der Waals surface area contributed by atoms with E-state index in [4.69, 9.17) is 4.74 Å². The Hall–Kier alpha value is -2.26. The molecule has 1 N–H and O–H groups in total. The van der Waals surface area contributed by atoms with E-state index in [9.17, 15) is 17.6 Å². The molecule has 9 heteroatoms. The number of nitrogens with one attached hydrogen (secondary N) is 1. The molecule has 2 aromatic carbocycles. The Balaban J connectivity index is 1.86. The Morgan fingerprint density at radius 3 is 2.64 bits per heavy atom. The van der Waals surface area contributed by atoms with Gasteiger partial charge in [0.1, 0.15) is 18.1 Å². The Morgan fingerprint density at radius 1 is 1.21 bits per heavy atom. The SMILES string of the molecule is COc1cccc(N(CC(=O)NCCSCc2ccccc2F)S(C)(=O)=O)c1. The number of amides is 1. The second kappa shape index (κ2) is 10.3. The minimum Gasteiger partial charge on any atom is -0.497 e. The number of halogens is 1. The van der Waals surface area contributed by atoms with Crippen molar-refractivity contribution in [1.29, 1.82) is 0 Å². The van der Waals surface area contributed by atoms with Crippen LogP contribution in [0.5, 0.6) is 5.75 Å². The maximum atomic E-state index is 13.5. The maximum Gasteiger partial charge on any atom is 0.240 e. The normalized spacial score (nSPS) is 11.1. The predicted molar refractivity (Wildman–Crippen MR) is 111 cm³/mol. The van der Waals surface area contributed by atoms with Gasteiger partial charge in [0.05, 0.1) is 19.1 Å². The molecule has 0 saturated carbocycles. The molecule has 0 aromatic heterocycles. The summed E-state index contributed by atoms with van der Waals surface area (Å²) in [6.45, 7) is 0.0254. The molecule has 0 spiro atoms. The highest BCUT2D eigenvalue weighted by Crippen LogP contribution is 2.22. The van der Waals surface area contributed by atoms with E-state index in [1.165, 1.54) is 24.9 Å². The van der Waals surface area contributed by atoms with Crippen molar-refractivity contribution in [2.75, 3.05) is 36.5 Å². The summed E-state index contributed by atoms with van der Waals surface area (Å²) in [4.78, 5) is 12.2. The molecule has 2 aromatic rings. The molecule has 0 heterocycles. The second-order valence-electron chi connectivity index (χ2n) is 5.97. The Morgan fingerprint density at radius 2 is 1.96 bits per heavy atom. The molecule has 0 radical (unpaired) electrons. The highest BCUT2D eigenvalue weighted by molar-refractivity contribution is 7.98. The molecule has 0 atom stereocenters. The van der Waals surface area contributed by atoms with Crippen molar-refractivity contribution in [3.05, 3.63) is 59.9 Å². The summed E-state index contributed by atoms with van der Waals surface area (Å²) in [6, 6.07) is 13.0. The summed E-state index contributed by atoms with van der Waals surface area (Å²) in [5.74, 6) is 0.914. The topological polar surface area (TPSA) is 75.7 Å². The first kappa shape index (κ1) is 22.0. The molecule has 0 fully saturated rings. The van der Waals surface area contributed by atoms with Crippen LogP contribution in [0.2, 0.25) is 0 Å². The number of methoxy groups -OCH3 is 1. The molecular weight excluding hydrogens is 403 g/mol. The van der Waals surface area contributed by atoms with Gasteiger partial charge >= 0.3 is 0 Å². The van der Waals surface area contributed by atoms with E-state index in [0.29, 0.717) is 35.1 Å². The third-order valence-corrected chi connectivity index (χ3v) is 5.96. The van der Waals surface area contributed by atoms with Crippen LogP contribution in [0.3, 0.4) is 0 Å². The molecule has 0 aliphatic rings. The van der Waals surface area contributed by atoms with Crippen LogP contribution >= 0.6 is 11.8 Å². The van der Waals surface area contributed by atoms with Gasteiger partial charge in [-0.2, -0.15) is 11.8 Å². The number of hydrogen-bond acceptors (Lipinski definition) is 5. The lowest BCUT2D eigenvalue weighted by molar-refractivity contribution is -0.119.